The Balaban J connectivity index is 2.27. The number of hydrogen-bond donors (Lipinski definition) is 2. The zero-order chi connectivity index (χ0) is 15.2. The maximum Gasteiger partial charge on any atom is 0.329 e. The summed E-state index contributed by atoms with van der Waals surface area (Å²) >= 11 is 0. The fourth-order valence-corrected chi connectivity index (χ4v) is 1.89. The van der Waals surface area contributed by atoms with E-state index in [4.69, 9.17) is 14.6 Å². The maximum absolute atomic E-state index is 12.0. The zero-order valence-electron chi connectivity index (χ0n) is 12.3. The van der Waals surface area contributed by atoms with E-state index in [1.165, 1.54) is 0 Å². The van der Waals surface area contributed by atoms with Gasteiger partial charge in [-0.15, -0.1) is 0 Å². The first-order valence-electron chi connectivity index (χ1n) is 6.75. The highest BCUT2D eigenvalue weighted by Gasteiger charge is 2.25. The van der Waals surface area contributed by atoms with Crippen LogP contribution in [0.5, 0.6) is 0 Å². The molecule has 2 amide bonds. The SMILES string of the molecule is COC(C)(C)CNC(=O)N1CCC(OCC(=O)O)CC1. The molecule has 0 aromatic heterocycles. The summed E-state index contributed by atoms with van der Waals surface area (Å²) in [5, 5.41) is 11.4. The highest BCUT2D eigenvalue weighted by molar-refractivity contribution is 5.74. The molecule has 0 radical (unpaired) electrons. The van der Waals surface area contributed by atoms with Crippen LogP contribution in [0.2, 0.25) is 0 Å². The van der Waals surface area contributed by atoms with Crippen molar-refractivity contribution in [3.8, 4) is 0 Å². The van der Waals surface area contributed by atoms with Crippen molar-refractivity contribution in [2.45, 2.75) is 38.4 Å². The van der Waals surface area contributed by atoms with Crippen LogP contribution in [0.3, 0.4) is 0 Å². The van der Waals surface area contributed by atoms with E-state index < -0.39 is 11.6 Å². The van der Waals surface area contributed by atoms with Crippen LogP contribution in [0, 0.1) is 0 Å². The van der Waals surface area contributed by atoms with E-state index in [9.17, 15) is 9.59 Å². The van der Waals surface area contributed by atoms with Gasteiger partial charge in [-0.2, -0.15) is 0 Å². The second kappa shape index (κ2) is 7.44. The summed E-state index contributed by atoms with van der Waals surface area (Å²) in [6.07, 6.45) is 1.24. The topological polar surface area (TPSA) is 88.1 Å². The van der Waals surface area contributed by atoms with Gasteiger partial charge >= 0.3 is 12.0 Å². The minimum Gasteiger partial charge on any atom is -0.480 e. The first-order valence-corrected chi connectivity index (χ1v) is 6.75. The van der Waals surface area contributed by atoms with Crippen LogP contribution in [0.15, 0.2) is 0 Å². The van der Waals surface area contributed by atoms with E-state index >= 15 is 0 Å². The predicted octanol–water partition coefficient (Wildman–Crippen LogP) is 0.687. The summed E-state index contributed by atoms with van der Waals surface area (Å²) in [4.78, 5) is 24.1. The van der Waals surface area contributed by atoms with Gasteiger partial charge in [0.25, 0.3) is 0 Å². The van der Waals surface area contributed by atoms with Crippen LogP contribution in [0.25, 0.3) is 0 Å². The number of nitrogens with one attached hydrogen (secondary N) is 1. The molecule has 0 spiro atoms. The maximum atomic E-state index is 12.0. The number of rotatable bonds is 6. The second-order valence-electron chi connectivity index (χ2n) is 5.51. The van der Waals surface area contributed by atoms with Gasteiger partial charge in [0.15, 0.2) is 0 Å². The molecule has 0 saturated carbocycles. The van der Waals surface area contributed by atoms with Crippen molar-refractivity contribution in [2.24, 2.45) is 0 Å². The Hall–Kier alpha value is -1.34. The molecule has 0 unspecified atom stereocenters. The Kier molecular flexibility index (Phi) is 6.22. The summed E-state index contributed by atoms with van der Waals surface area (Å²) < 4.78 is 10.5. The molecule has 1 heterocycles. The number of likely N-dealkylation sites (tertiary alicyclic amines) is 1. The van der Waals surface area contributed by atoms with Gasteiger partial charge in [0.2, 0.25) is 0 Å². The molecule has 0 bridgehead atoms. The number of carboxylic acid groups (broad SMARTS) is 1. The molecule has 0 aromatic carbocycles. The van der Waals surface area contributed by atoms with Crippen molar-refractivity contribution in [2.75, 3.05) is 33.4 Å². The number of aliphatic carboxylic acids is 1. The summed E-state index contributed by atoms with van der Waals surface area (Å²) in [7, 11) is 1.61. The quantitative estimate of drug-likeness (QED) is 0.750. The molecule has 1 rings (SSSR count). The first-order chi connectivity index (χ1) is 9.34. The van der Waals surface area contributed by atoms with Gasteiger partial charge in [0, 0.05) is 26.7 Å². The molecule has 0 aliphatic carbocycles. The fourth-order valence-electron chi connectivity index (χ4n) is 1.89. The molecule has 1 aliphatic rings. The molecule has 0 aromatic rings. The third kappa shape index (κ3) is 5.75. The third-order valence-corrected chi connectivity index (χ3v) is 3.39. The second-order valence-corrected chi connectivity index (χ2v) is 5.51. The lowest BCUT2D eigenvalue weighted by Crippen LogP contribution is -2.49. The van der Waals surface area contributed by atoms with Crippen LogP contribution in [-0.4, -0.2) is 67.1 Å². The Morgan fingerprint density at radius 3 is 2.45 bits per heavy atom. The van der Waals surface area contributed by atoms with E-state index in [0.29, 0.717) is 32.5 Å². The molecule has 20 heavy (non-hydrogen) atoms. The number of carbonyl (C=O) groups is 2. The van der Waals surface area contributed by atoms with Gasteiger partial charge in [-0.25, -0.2) is 9.59 Å². The molecule has 0 atom stereocenters. The number of piperidine rings is 1. The number of methoxy groups -OCH3 is 1. The molecule has 7 heteroatoms. The van der Waals surface area contributed by atoms with Gasteiger partial charge < -0.3 is 24.8 Å². The minimum atomic E-state index is -0.966. The van der Waals surface area contributed by atoms with E-state index in [1.807, 2.05) is 13.8 Å². The smallest absolute Gasteiger partial charge is 0.329 e. The zero-order valence-corrected chi connectivity index (χ0v) is 12.3. The lowest BCUT2D eigenvalue weighted by atomic mass is 10.1. The average molecular weight is 288 g/mol. The summed E-state index contributed by atoms with van der Waals surface area (Å²) in [6.45, 7) is 5.11. The highest BCUT2D eigenvalue weighted by Crippen LogP contribution is 2.14. The van der Waals surface area contributed by atoms with Crippen molar-refractivity contribution in [3.05, 3.63) is 0 Å². The first kappa shape index (κ1) is 16.7. The molecular weight excluding hydrogens is 264 g/mol. The molecule has 7 nitrogen and oxygen atoms in total. The standard InChI is InChI=1S/C13H24N2O5/c1-13(2,19-3)9-14-12(18)15-6-4-10(5-7-15)20-8-11(16)17/h10H,4-9H2,1-3H3,(H,14,18)(H,16,17). The molecule has 2 N–H and O–H groups in total. The number of urea groups is 1. The Morgan fingerprint density at radius 1 is 1.35 bits per heavy atom. The van der Waals surface area contributed by atoms with Crippen molar-refractivity contribution >= 4 is 12.0 Å². The lowest BCUT2D eigenvalue weighted by molar-refractivity contribution is -0.145. The molecule has 1 aliphatic heterocycles. The van der Waals surface area contributed by atoms with Gasteiger partial charge in [-0.3, -0.25) is 0 Å². The van der Waals surface area contributed by atoms with Crippen molar-refractivity contribution in [3.63, 3.8) is 0 Å². The van der Waals surface area contributed by atoms with Crippen molar-refractivity contribution in [1.29, 1.82) is 0 Å². The van der Waals surface area contributed by atoms with E-state index in [1.54, 1.807) is 12.0 Å². The predicted molar refractivity (Wildman–Crippen MR) is 72.7 cm³/mol. The van der Waals surface area contributed by atoms with Crippen LogP contribution < -0.4 is 5.32 Å². The number of carboxylic acids is 1. The highest BCUT2D eigenvalue weighted by atomic mass is 16.5. The van der Waals surface area contributed by atoms with E-state index in [-0.39, 0.29) is 18.7 Å². The number of carbonyl (C=O) groups excluding carboxylic acids is 1. The summed E-state index contributed by atoms with van der Waals surface area (Å²) in [6, 6.07) is -0.119. The van der Waals surface area contributed by atoms with Gasteiger partial charge in [-0.05, 0) is 26.7 Å². The molecule has 1 fully saturated rings. The van der Waals surface area contributed by atoms with Crippen molar-refractivity contribution < 1.29 is 24.2 Å². The monoisotopic (exact) mass is 288 g/mol. The van der Waals surface area contributed by atoms with Gasteiger partial charge in [0.05, 0.1) is 11.7 Å². The van der Waals surface area contributed by atoms with Crippen LogP contribution in [0.1, 0.15) is 26.7 Å². The average Bonchev–Trinajstić information content (AvgIpc) is 2.43. The Morgan fingerprint density at radius 2 is 1.95 bits per heavy atom. The number of ether oxygens (including phenoxy) is 2. The summed E-state index contributed by atoms with van der Waals surface area (Å²) in [5.41, 5.74) is -0.390. The van der Waals surface area contributed by atoms with Gasteiger partial charge in [0.1, 0.15) is 6.61 Å². The van der Waals surface area contributed by atoms with E-state index in [0.717, 1.165) is 0 Å². The van der Waals surface area contributed by atoms with Gasteiger partial charge in [-0.1, -0.05) is 0 Å². The third-order valence-electron chi connectivity index (χ3n) is 3.39. The van der Waals surface area contributed by atoms with Crippen LogP contribution in [-0.2, 0) is 14.3 Å². The van der Waals surface area contributed by atoms with Crippen LogP contribution >= 0.6 is 0 Å². The molecular formula is C13H24N2O5. The van der Waals surface area contributed by atoms with E-state index in [2.05, 4.69) is 5.32 Å². The Labute approximate surface area is 119 Å². The van der Waals surface area contributed by atoms with Crippen LogP contribution in [0.4, 0.5) is 4.79 Å². The number of hydrogen-bond acceptors (Lipinski definition) is 4. The normalized spacial score (nSPS) is 17.1. The Bertz CT molecular complexity index is 338. The lowest BCUT2D eigenvalue weighted by Gasteiger charge is -2.32. The fraction of sp³-hybridized carbons (Fsp3) is 0.846. The number of nitrogens with zero attached hydrogens (tertiary/aromatic N) is 1. The molecule has 1 saturated heterocycles. The minimum absolute atomic E-state index is 0.0782. The molecule has 116 valence electrons. The van der Waals surface area contributed by atoms with Crippen molar-refractivity contribution in [1.82, 2.24) is 10.2 Å². The number of amides is 2. The summed E-state index contributed by atoms with van der Waals surface area (Å²) in [5.74, 6) is -0.966. The largest absolute Gasteiger partial charge is 0.480 e.